The lowest BCUT2D eigenvalue weighted by molar-refractivity contribution is -0.144. The van der Waals surface area contributed by atoms with Gasteiger partial charge in [-0.25, -0.2) is 0 Å². The number of carbonyl (C=O) groups is 2. The highest BCUT2D eigenvalue weighted by atomic mass is 16.5. The van der Waals surface area contributed by atoms with E-state index in [0.29, 0.717) is 12.3 Å². The fraction of sp³-hybridized carbons (Fsp3) is 0.308. The van der Waals surface area contributed by atoms with Gasteiger partial charge in [-0.1, -0.05) is 0 Å². The van der Waals surface area contributed by atoms with Crippen LogP contribution in [-0.2, 0) is 14.3 Å². The van der Waals surface area contributed by atoms with Gasteiger partial charge in [0.15, 0.2) is 0 Å². The summed E-state index contributed by atoms with van der Waals surface area (Å²) in [6.07, 6.45) is 1.91. The van der Waals surface area contributed by atoms with Crippen molar-refractivity contribution in [3.05, 3.63) is 24.4 Å². The topological polar surface area (TPSA) is 84.1 Å². The summed E-state index contributed by atoms with van der Waals surface area (Å²) >= 11 is 0. The molecule has 1 aromatic heterocycles. The number of esters is 1. The monoisotopic (exact) mass is 261 g/mol. The van der Waals surface area contributed by atoms with E-state index < -0.39 is 0 Å². The maximum atomic E-state index is 11.7. The first-order valence-corrected chi connectivity index (χ1v) is 6.07. The van der Waals surface area contributed by atoms with E-state index >= 15 is 0 Å². The predicted octanol–water partition coefficient (Wildman–Crippen LogP) is 1.84. The molecule has 0 fully saturated rings. The van der Waals surface area contributed by atoms with Crippen LogP contribution in [0, 0.1) is 0 Å². The van der Waals surface area contributed by atoms with Gasteiger partial charge in [-0.15, -0.1) is 0 Å². The largest absolute Gasteiger partial charge is 0.466 e. The van der Waals surface area contributed by atoms with Crippen LogP contribution in [0.25, 0.3) is 10.9 Å². The summed E-state index contributed by atoms with van der Waals surface area (Å²) < 4.78 is 4.76. The lowest BCUT2D eigenvalue weighted by Gasteiger charge is -2.05. The zero-order valence-electron chi connectivity index (χ0n) is 10.6. The van der Waals surface area contributed by atoms with Crippen LogP contribution < -0.4 is 5.32 Å². The summed E-state index contributed by atoms with van der Waals surface area (Å²) in [5.41, 5.74) is 1.52. The Morgan fingerprint density at radius 2 is 2.21 bits per heavy atom. The minimum atomic E-state index is -0.360. The third-order valence-electron chi connectivity index (χ3n) is 2.59. The summed E-state index contributed by atoms with van der Waals surface area (Å²) in [5.74, 6) is -0.575. The molecule has 2 aromatic rings. The Morgan fingerprint density at radius 1 is 1.37 bits per heavy atom. The molecule has 0 bridgehead atoms. The van der Waals surface area contributed by atoms with Crippen molar-refractivity contribution < 1.29 is 14.3 Å². The maximum Gasteiger partial charge on any atom is 0.306 e. The molecule has 2 rings (SSSR count). The second-order valence-electron chi connectivity index (χ2n) is 4.03. The number of aromatic nitrogens is 2. The lowest BCUT2D eigenvalue weighted by atomic mass is 10.2. The number of amides is 1. The highest BCUT2D eigenvalue weighted by Crippen LogP contribution is 2.16. The van der Waals surface area contributed by atoms with Crippen molar-refractivity contribution in [3.63, 3.8) is 0 Å². The van der Waals surface area contributed by atoms with Gasteiger partial charge in [0.1, 0.15) is 0 Å². The van der Waals surface area contributed by atoms with E-state index in [1.807, 2.05) is 6.07 Å². The van der Waals surface area contributed by atoms with Crippen LogP contribution in [0.15, 0.2) is 24.4 Å². The summed E-state index contributed by atoms with van der Waals surface area (Å²) in [6.45, 7) is 2.06. The number of nitrogens with zero attached hydrogens (tertiary/aromatic N) is 1. The van der Waals surface area contributed by atoms with E-state index in [-0.39, 0.29) is 24.7 Å². The Hall–Kier alpha value is -2.37. The first kappa shape index (κ1) is 13.1. The maximum absolute atomic E-state index is 11.7. The van der Waals surface area contributed by atoms with Crippen LogP contribution >= 0.6 is 0 Å². The summed E-state index contributed by atoms with van der Waals surface area (Å²) in [5, 5.41) is 10.4. The fourth-order valence-corrected chi connectivity index (χ4v) is 1.69. The number of ether oxygens (including phenoxy) is 1. The van der Waals surface area contributed by atoms with E-state index in [1.165, 1.54) is 0 Å². The Labute approximate surface area is 110 Å². The number of hydrogen-bond acceptors (Lipinski definition) is 4. The molecule has 0 unspecified atom stereocenters. The van der Waals surface area contributed by atoms with Crippen molar-refractivity contribution >= 4 is 28.5 Å². The summed E-state index contributed by atoms with van der Waals surface area (Å²) in [6, 6.07) is 5.45. The van der Waals surface area contributed by atoms with Crippen LogP contribution in [0.5, 0.6) is 0 Å². The van der Waals surface area contributed by atoms with E-state index in [4.69, 9.17) is 4.74 Å². The van der Waals surface area contributed by atoms with Crippen LogP contribution in [-0.4, -0.2) is 28.7 Å². The predicted molar refractivity (Wildman–Crippen MR) is 70.6 cm³/mol. The number of rotatable bonds is 5. The number of H-pyrrole nitrogens is 1. The second kappa shape index (κ2) is 5.99. The standard InChI is InChI=1S/C13H15N3O3/c1-2-19-13(18)6-5-12(17)15-10-4-3-9-8-14-16-11(9)7-10/h3-4,7-8H,2,5-6H2,1H3,(H,14,16)(H,15,17). The number of benzene rings is 1. The minimum absolute atomic E-state index is 0.0893. The van der Waals surface area contributed by atoms with Crippen molar-refractivity contribution in [2.24, 2.45) is 0 Å². The first-order chi connectivity index (χ1) is 9.19. The molecule has 100 valence electrons. The van der Waals surface area contributed by atoms with Crippen molar-refractivity contribution in [1.29, 1.82) is 0 Å². The molecule has 0 atom stereocenters. The van der Waals surface area contributed by atoms with Gasteiger partial charge in [-0.05, 0) is 25.1 Å². The van der Waals surface area contributed by atoms with Crippen molar-refractivity contribution in [1.82, 2.24) is 10.2 Å². The van der Waals surface area contributed by atoms with Crippen LogP contribution in [0.3, 0.4) is 0 Å². The summed E-state index contributed by atoms with van der Waals surface area (Å²) in [4.78, 5) is 22.8. The SMILES string of the molecule is CCOC(=O)CCC(=O)Nc1ccc2cn[nH]c2c1. The molecule has 1 heterocycles. The number of nitrogens with one attached hydrogen (secondary N) is 2. The zero-order valence-corrected chi connectivity index (χ0v) is 10.6. The molecule has 0 aliphatic carbocycles. The molecule has 1 amide bonds. The van der Waals surface area contributed by atoms with Crippen molar-refractivity contribution in [3.8, 4) is 0 Å². The van der Waals surface area contributed by atoms with Gasteiger partial charge in [-0.2, -0.15) is 5.10 Å². The zero-order chi connectivity index (χ0) is 13.7. The Kier molecular flexibility index (Phi) is 4.12. The smallest absolute Gasteiger partial charge is 0.306 e. The molecule has 1 aromatic carbocycles. The number of anilines is 1. The highest BCUT2D eigenvalue weighted by molar-refractivity contribution is 5.94. The molecule has 0 spiro atoms. The van der Waals surface area contributed by atoms with E-state index in [1.54, 1.807) is 25.3 Å². The fourth-order valence-electron chi connectivity index (χ4n) is 1.69. The van der Waals surface area contributed by atoms with Crippen LogP contribution in [0.1, 0.15) is 19.8 Å². The molecular formula is C13H15N3O3. The number of fused-ring (bicyclic) bond motifs is 1. The quantitative estimate of drug-likeness (QED) is 0.804. The number of aromatic amines is 1. The molecule has 19 heavy (non-hydrogen) atoms. The molecule has 6 nitrogen and oxygen atoms in total. The van der Waals surface area contributed by atoms with Crippen LogP contribution in [0.2, 0.25) is 0 Å². The van der Waals surface area contributed by atoms with Gasteiger partial charge < -0.3 is 10.1 Å². The Morgan fingerprint density at radius 3 is 3.00 bits per heavy atom. The molecule has 0 radical (unpaired) electrons. The Bertz CT molecular complexity index is 592. The van der Waals surface area contributed by atoms with Crippen molar-refractivity contribution in [2.45, 2.75) is 19.8 Å². The molecular weight excluding hydrogens is 246 g/mol. The van der Waals surface area contributed by atoms with E-state index in [2.05, 4.69) is 15.5 Å². The van der Waals surface area contributed by atoms with Crippen LogP contribution in [0.4, 0.5) is 5.69 Å². The number of carbonyl (C=O) groups excluding carboxylic acids is 2. The van der Waals surface area contributed by atoms with E-state index in [0.717, 1.165) is 10.9 Å². The molecule has 0 saturated heterocycles. The molecule has 0 aliphatic heterocycles. The van der Waals surface area contributed by atoms with Gasteiger partial charge in [0.25, 0.3) is 0 Å². The molecule has 0 saturated carbocycles. The van der Waals surface area contributed by atoms with Gasteiger partial charge in [0, 0.05) is 17.5 Å². The molecule has 2 N–H and O–H groups in total. The van der Waals surface area contributed by atoms with E-state index in [9.17, 15) is 9.59 Å². The minimum Gasteiger partial charge on any atom is -0.466 e. The molecule has 6 heteroatoms. The normalized spacial score (nSPS) is 10.4. The van der Waals surface area contributed by atoms with Gasteiger partial charge in [0.2, 0.25) is 5.91 Å². The average molecular weight is 261 g/mol. The van der Waals surface area contributed by atoms with Crippen molar-refractivity contribution in [2.75, 3.05) is 11.9 Å². The summed E-state index contributed by atoms with van der Waals surface area (Å²) in [7, 11) is 0. The number of hydrogen-bond donors (Lipinski definition) is 2. The lowest BCUT2D eigenvalue weighted by Crippen LogP contribution is -2.14. The van der Waals surface area contributed by atoms with Gasteiger partial charge in [0.05, 0.1) is 24.7 Å². The highest BCUT2D eigenvalue weighted by Gasteiger charge is 2.08. The average Bonchev–Trinajstić information content (AvgIpc) is 2.84. The first-order valence-electron chi connectivity index (χ1n) is 6.07. The third kappa shape index (κ3) is 3.54. The molecule has 0 aliphatic rings. The second-order valence-corrected chi connectivity index (χ2v) is 4.03. The third-order valence-corrected chi connectivity index (χ3v) is 2.59. The Balaban J connectivity index is 1.89. The van der Waals surface area contributed by atoms with Gasteiger partial charge >= 0.3 is 5.97 Å². The van der Waals surface area contributed by atoms with Gasteiger partial charge in [-0.3, -0.25) is 14.7 Å².